The van der Waals surface area contributed by atoms with Gasteiger partial charge in [0.15, 0.2) is 17.3 Å². The minimum Gasteiger partial charge on any atom is -0.494 e. The third kappa shape index (κ3) is 2.91. The molecule has 1 heterocycles. The average molecular weight is 259 g/mol. The monoisotopic (exact) mass is 259 g/mol. The molecule has 98 valence electrons. The van der Waals surface area contributed by atoms with E-state index in [0.29, 0.717) is 24.4 Å². The fourth-order valence-corrected chi connectivity index (χ4v) is 1.95. The largest absolute Gasteiger partial charge is 0.494 e. The van der Waals surface area contributed by atoms with E-state index in [1.54, 1.807) is 13.0 Å². The molecule has 0 fully saturated rings. The number of nitrogens with one attached hydrogen (secondary N) is 1. The maximum Gasteiger partial charge on any atom is 0.165 e. The Morgan fingerprint density at radius 2 is 2.21 bits per heavy atom. The first-order valence-electron chi connectivity index (χ1n) is 5.92. The average Bonchev–Trinajstić information content (AvgIpc) is 2.77. The molecule has 0 saturated heterocycles. The Balaban J connectivity index is 2.10. The van der Waals surface area contributed by atoms with Gasteiger partial charge in [-0.25, -0.2) is 9.37 Å². The topological polar surface area (TPSA) is 61.7 Å². The van der Waals surface area contributed by atoms with Crippen LogP contribution < -0.4 is 4.74 Å². The Morgan fingerprint density at radius 3 is 2.84 bits per heavy atom. The number of imidazole rings is 1. The highest BCUT2D eigenvalue weighted by atomic mass is 19.1. The highest BCUT2D eigenvalue weighted by Gasteiger charge is 2.09. The molecule has 0 atom stereocenters. The van der Waals surface area contributed by atoms with Crippen molar-refractivity contribution in [2.45, 2.75) is 19.8 Å². The van der Waals surface area contributed by atoms with Crippen molar-refractivity contribution in [1.29, 1.82) is 5.26 Å². The highest BCUT2D eigenvalue weighted by molar-refractivity contribution is 5.31. The van der Waals surface area contributed by atoms with Crippen molar-refractivity contribution in [3.8, 4) is 11.8 Å². The van der Waals surface area contributed by atoms with Gasteiger partial charge >= 0.3 is 0 Å². The molecule has 1 aromatic carbocycles. The molecule has 0 unspecified atom stereocenters. The second kappa shape index (κ2) is 5.53. The van der Waals surface area contributed by atoms with Gasteiger partial charge in [0.25, 0.3) is 0 Å². The molecular formula is C14H14FN3O. The number of H-pyrrole nitrogens is 1. The van der Waals surface area contributed by atoms with Gasteiger partial charge in [-0.3, -0.25) is 0 Å². The van der Waals surface area contributed by atoms with Gasteiger partial charge in [-0.15, -0.1) is 0 Å². The van der Waals surface area contributed by atoms with Gasteiger partial charge in [0.2, 0.25) is 0 Å². The lowest BCUT2D eigenvalue weighted by atomic mass is 10.1. The first kappa shape index (κ1) is 13.1. The first-order valence-corrected chi connectivity index (χ1v) is 5.92. The fraction of sp³-hybridized carbons (Fsp3) is 0.286. The van der Waals surface area contributed by atoms with Crippen LogP contribution in [0.25, 0.3) is 0 Å². The summed E-state index contributed by atoms with van der Waals surface area (Å²) in [7, 11) is 1.44. The van der Waals surface area contributed by atoms with Crippen molar-refractivity contribution in [2.24, 2.45) is 0 Å². The van der Waals surface area contributed by atoms with E-state index in [2.05, 4.69) is 9.97 Å². The second-order valence-corrected chi connectivity index (χ2v) is 4.23. The maximum atomic E-state index is 13.5. The number of benzene rings is 1. The zero-order valence-electron chi connectivity index (χ0n) is 10.8. The van der Waals surface area contributed by atoms with Gasteiger partial charge in [0.1, 0.15) is 11.9 Å². The van der Waals surface area contributed by atoms with Crippen molar-refractivity contribution < 1.29 is 9.13 Å². The van der Waals surface area contributed by atoms with Crippen molar-refractivity contribution in [1.82, 2.24) is 9.97 Å². The van der Waals surface area contributed by atoms with E-state index in [-0.39, 0.29) is 11.6 Å². The van der Waals surface area contributed by atoms with E-state index in [0.717, 1.165) is 11.3 Å². The number of aryl methyl sites for hydroxylation is 3. The first-order chi connectivity index (χ1) is 9.13. The lowest BCUT2D eigenvalue weighted by molar-refractivity contribution is 0.386. The molecule has 0 aliphatic carbocycles. The van der Waals surface area contributed by atoms with Crippen molar-refractivity contribution in [2.75, 3.05) is 7.11 Å². The van der Waals surface area contributed by atoms with Gasteiger partial charge in [-0.1, -0.05) is 6.07 Å². The number of nitrogens with zero attached hydrogens (tertiary/aromatic N) is 2. The molecule has 0 saturated carbocycles. The summed E-state index contributed by atoms with van der Waals surface area (Å²) in [5, 5.41) is 8.93. The molecule has 5 heteroatoms. The van der Waals surface area contributed by atoms with Crippen LogP contribution in [0, 0.1) is 24.1 Å². The fourth-order valence-electron chi connectivity index (χ4n) is 1.95. The van der Waals surface area contributed by atoms with E-state index >= 15 is 0 Å². The van der Waals surface area contributed by atoms with Gasteiger partial charge in [-0.2, -0.15) is 5.26 Å². The zero-order valence-corrected chi connectivity index (χ0v) is 10.8. The number of hydrogen-bond acceptors (Lipinski definition) is 3. The Bertz CT molecular complexity index is 628. The van der Waals surface area contributed by atoms with Crippen LogP contribution in [-0.2, 0) is 12.8 Å². The number of aromatic nitrogens is 2. The Morgan fingerprint density at radius 1 is 1.42 bits per heavy atom. The summed E-state index contributed by atoms with van der Waals surface area (Å²) >= 11 is 0. The van der Waals surface area contributed by atoms with E-state index in [1.165, 1.54) is 13.2 Å². The minimum atomic E-state index is -0.374. The van der Waals surface area contributed by atoms with E-state index < -0.39 is 0 Å². The Labute approximate surface area is 110 Å². The van der Waals surface area contributed by atoms with Crippen LogP contribution >= 0.6 is 0 Å². The van der Waals surface area contributed by atoms with Gasteiger partial charge in [0, 0.05) is 0 Å². The summed E-state index contributed by atoms with van der Waals surface area (Å²) in [4.78, 5) is 7.13. The number of nitriles is 1. The van der Waals surface area contributed by atoms with Crippen LogP contribution in [0.15, 0.2) is 18.2 Å². The number of halogens is 1. The molecule has 0 spiro atoms. The summed E-state index contributed by atoms with van der Waals surface area (Å²) in [6.45, 7) is 1.80. The van der Waals surface area contributed by atoms with E-state index in [4.69, 9.17) is 10.00 Å². The van der Waals surface area contributed by atoms with Crippen molar-refractivity contribution in [3.05, 3.63) is 46.8 Å². The minimum absolute atomic E-state index is 0.235. The quantitative estimate of drug-likeness (QED) is 0.917. The molecule has 2 rings (SSSR count). The number of rotatable bonds is 4. The molecular weight excluding hydrogens is 245 g/mol. The molecule has 1 aromatic heterocycles. The van der Waals surface area contributed by atoms with Gasteiger partial charge < -0.3 is 9.72 Å². The normalized spacial score (nSPS) is 10.2. The lowest BCUT2D eigenvalue weighted by Gasteiger charge is -2.04. The molecule has 1 N–H and O–H groups in total. The van der Waals surface area contributed by atoms with Crippen molar-refractivity contribution in [3.63, 3.8) is 0 Å². The third-order valence-electron chi connectivity index (χ3n) is 2.88. The van der Waals surface area contributed by atoms with Crippen LogP contribution in [0.3, 0.4) is 0 Å². The molecule has 0 radical (unpaired) electrons. The molecule has 0 bridgehead atoms. The Kier molecular flexibility index (Phi) is 3.81. The van der Waals surface area contributed by atoms with E-state index in [9.17, 15) is 4.39 Å². The molecule has 2 aromatic rings. The predicted octanol–water partition coefficient (Wildman–Crippen LogP) is 2.52. The van der Waals surface area contributed by atoms with E-state index in [1.807, 2.05) is 12.1 Å². The summed E-state index contributed by atoms with van der Waals surface area (Å²) in [6.07, 6.45) is 1.26. The van der Waals surface area contributed by atoms with Crippen LogP contribution in [0.2, 0.25) is 0 Å². The SMILES string of the molecule is COc1ccc(CCc2[nH]c(C)nc2C#N)cc1F. The number of hydrogen-bond donors (Lipinski definition) is 1. The maximum absolute atomic E-state index is 13.5. The zero-order chi connectivity index (χ0) is 13.8. The van der Waals surface area contributed by atoms with Crippen LogP contribution in [0.5, 0.6) is 5.75 Å². The number of methoxy groups -OCH3 is 1. The standard InChI is InChI=1S/C14H14FN3O/c1-9-17-12(13(8-16)18-9)5-3-10-4-6-14(19-2)11(15)7-10/h4,6-7H,3,5H2,1-2H3,(H,17,18). The molecule has 0 amide bonds. The molecule has 0 aliphatic rings. The Hall–Kier alpha value is -2.35. The predicted molar refractivity (Wildman–Crippen MR) is 68.4 cm³/mol. The molecule has 19 heavy (non-hydrogen) atoms. The van der Waals surface area contributed by atoms with Crippen LogP contribution in [0.4, 0.5) is 4.39 Å². The lowest BCUT2D eigenvalue weighted by Crippen LogP contribution is -1.96. The summed E-state index contributed by atoms with van der Waals surface area (Å²) < 4.78 is 18.4. The summed E-state index contributed by atoms with van der Waals surface area (Å²) in [5.41, 5.74) is 2.05. The number of ether oxygens (including phenoxy) is 1. The number of aromatic amines is 1. The third-order valence-corrected chi connectivity index (χ3v) is 2.88. The van der Waals surface area contributed by atoms with Crippen LogP contribution in [0.1, 0.15) is 22.8 Å². The summed E-state index contributed by atoms with van der Waals surface area (Å²) in [6, 6.07) is 6.92. The van der Waals surface area contributed by atoms with Gasteiger partial charge in [-0.05, 0) is 37.5 Å². The summed E-state index contributed by atoms with van der Waals surface area (Å²) in [5.74, 6) is 0.576. The van der Waals surface area contributed by atoms with Crippen molar-refractivity contribution >= 4 is 0 Å². The smallest absolute Gasteiger partial charge is 0.165 e. The second-order valence-electron chi connectivity index (χ2n) is 4.23. The van der Waals surface area contributed by atoms with Crippen LogP contribution in [-0.4, -0.2) is 17.1 Å². The highest BCUT2D eigenvalue weighted by Crippen LogP contribution is 2.19. The van der Waals surface area contributed by atoms with Gasteiger partial charge in [0.05, 0.1) is 12.8 Å². The molecule has 0 aliphatic heterocycles. The molecule has 4 nitrogen and oxygen atoms in total.